The van der Waals surface area contributed by atoms with Crippen molar-refractivity contribution in [3.8, 4) is 0 Å². The lowest BCUT2D eigenvalue weighted by atomic mass is 9.67. The molecule has 0 heterocycles. The van der Waals surface area contributed by atoms with Crippen molar-refractivity contribution < 1.29 is 29.3 Å². The molecule has 6 nitrogen and oxygen atoms in total. The Bertz CT molecular complexity index is 796. The van der Waals surface area contributed by atoms with Crippen LogP contribution >= 0.6 is 0 Å². The Morgan fingerprint density at radius 1 is 0.643 bits per heavy atom. The predicted molar refractivity (Wildman–Crippen MR) is 168 cm³/mol. The van der Waals surface area contributed by atoms with E-state index >= 15 is 0 Å². The fourth-order valence-electron chi connectivity index (χ4n) is 8.02. The molecule has 0 aromatic carbocycles. The average Bonchev–Trinajstić information content (AvgIpc) is 3.03. The second-order valence-electron chi connectivity index (χ2n) is 13.9. The number of aliphatic hydroxyl groups is 2. The Hall–Kier alpha value is -1.66. The van der Waals surface area contributed by atoms with Crippen LogP contribution in [0.2, 0.25) is 0 Å². The molecule has 3 fully saturated rings. The number of ether oxygens (including phenoxy) is 2. The number of carbonyl (C=O) groups is 2. The van der Waals surface area contributed by atoms with E-state index in [2.05, 4.69) is 20.1 Å². The van der Waals surface area contributed by atoms with Crippen molar-refractivity contribution in [2.75, 3.05) is 26.4 Å². The number of hydrogen-bond donors (Lipinski definition) is 2. The summed E-state index contributed by atoms with van der Waals surface area (Å²) in [4.78, 5) is 24.1. The maximum atomic E-state index is 12.1. The molecule has 3 aliphatic rings. The van der Waals surface area contributed by atoms with Crippen LogP contribution in [0.15, 0.2) is 24.3 Å². The van der Waals surface area contributed by atoms with Gasteiger partial charge in [-0.15, -0.1) is 0 Å². The van der Waals surface area contributed by atoms with Crippen LogP contribution in [0.5, 0.6) is 0 Å². The van der Waals surface area contributed by atoms with Crippen LogP contribution in [0, 0.1) is 41.4 Å². The molecule has 0 amide bonds. The average molecular weight is 589 g/mol. The highest BCUT2D eigenvalue weighted by Gasteiger charge is 2.33. The van der Waals surface area contributed by atoms with Gasteiger partial charge in [-0.05, 0) is 74.0 Å². The van der Waals surface area contributed by atoms with Crippen LogP contribution in [-0.2, 0) is 19.1 Å². The Balaban J connectivity index is 1.35. The zero-order valence-corrected chi connectivity index (χ0v) is 26.5. The van der Waals surface area contributed by atoms with E-state index in [0.717, 1.165) is 55.3 Å². The molecule has 3 aliphatic carbocycles. The lowest BCUT2D eigenvalue weighted by molar-refractivity contribution is -0.146. The van der Waals surface area contributed by atoms with Crippen LogP contribution in [0.3, 0.4) is 0 Å². The smallest absolute Gasteiger partial charge is 0.335 e. The van der Waals surface area contributed by atoms with Crippen LogP contribution in [0.1, 0.15) is 122 Å². The van der Waals surface area contributed by atoms with Gasteiger partial charge in [-0.3, -0.25) is 0 Å². The molecular formula is C36H60O6. The highest BCUT2D eigenvalue weighted by molar-refractivity contribution is 5.88. The zero-order chi connectivity index (χ0) is 30.3. The first-order valence-corrected chi connectivity index (χ1v) is 17.3. The molecule has 0 aromatic rings. The molecule has 0 atom stereocenters. The van der Waals surface area contributed by atoms with E-state index in [1.807, 2.05) is 0 Å². The normalized spacial score (nSPS) is 28.3. The molecule has 0 aromatic heterocycles. The summed E-state index contributed by atoms with van der Waals surface area (Å²) in [5.74, 6) is 3.57. The van der Waals surface area contributed by atoms with E-state index in [1.165, 1.54) is 89.9 Å². The van der Waals surface area contributed by atoms with Gasteiger partial charge in [0, 0.05) is 5.92 Å². The summed E-state index contributed by atoms with van der Waals surface area (Å²) in [5, 5.41) is 18.3. The van der Waals surface area contributed by atoms with Crippen molar-refractivity contribution in [3.63, 3.8) is 0 Å². The molecule has 3 rings (SSSR count). The summed E-state index contributed by atoms with van der Waals surface area (Å²) >= 11 is 0. The molecule has 0 radical (unpaired) electrons. The number of carbonyl (C=O) groups excluding carboxylic acids is 2. The lowest BCUT2D eigenvalue weighted by Crippen LogP contribution is -2.31. The minimum Gasteiger partial charge on any atom is -0.462 e. The van der Waals surface area contributed by atoms with Crippen molar-refractivity contribution in [2.24, 2.45) is 41.4 Å². The molecule has 0 unspecified atom stereocenters. The maximum Gasteiger partial charge on any atom is 0.335 e. The van der Waals surface area contributed by atoms with Gasteiger partial charge >= 0.3 is 11.9 Å². The molecule has 2 N–H and O–H groups in total. The quantitative estimate of drug-likeness (QED) is 0.103. The monoisotopic (exact) mass is 588 g/mol. The fourth-order valence-corrected chi connectivity index (χ4v) is 8.02. The molecule has 3 saturated carbocycles. The van der Waals surface area contributed by atoms with E-state index < -0.39 is 25.2 Å². The molecule has 0 bridgehead atoms. The minimum atomic E-state index is -0.618. The number of hydrogen-bond acceptors (Lipinski definition) is 6. The SMILES string of the molecule is C=C(CO)C(=O)OCC(COC(=O)C(=C)CO)C1CCC(CCC2CCC(C3CCC(CCCCC)CC3)CC2)CC1. The molecule has 0 saturated heterocycles. The zero-order valence-electron chi connectivity index (χ0n) is 26.5. The van der Waals surface area contributed by atoms with Crippen molar-refractivity contribution in [2.45, 2.75) is 122 Å². The molecular weight excluding hydrogens is 528 g/mol. The standard InChI is InChI=1S/C36H60O6/c1-4-5-6-7-28-10-16-31(17-11-28)32-18-12-29(13-19-32)8-9-30-14-20-33(21-15-30)34(24-41-35(39)26(2)22-37)25-42-36(40)27(3)23-38/h28-34,37-38H,2-25H2,1H3. The van der Waals surface area contributed by atoms with Crippen LogP contribution in [0.25, 0.3) is 0 Å². The molecule has 0 spiro atoms. The van der Waals surface area contributed by atoms with E-state index in [-0.39, 0.29) is 30.3 Å². The van der Waals surface area contributed by atoms with Crippen molar-refractivity contribution >= 4 is 11.9 Å². The third-order valence-electron chi connectivity index (χ3n) is 11.0. The second kappa shape index (κ2) is 18.9. The molecule has 6 heteroatoms. The number of aliphatic hydroxyl groups excluding tert-OH is 2. The fraction of sp³-hybridized carbons (Fsp3) is 0.833. The minimum absolute atomic E-state index is 0.0160. The van der Waals surface area contributed by atoms with Gasteiger partial charge in [-0.1, -0.05) is 97.1 Å². The molecule has 240 valence electrons. The van der Waals surface area contributed by atoms with Gasteiger partial charge in [0.05, 0.1) is 37.6 Å². The van der Waals surface area contributed by atoms with E-state index in [9.17, 15) is 9.59 Å². The Morgan fingerprint density at radius 3 is 1.45 bits per heavy atom. The number of esters is 2. The topological polar surface area (TPSA) is 93.1 Å². The Kier molecular flexibility index (Phi) is 15.7. The molecule has 0 aliphatic heterocycles. The second-order valence-corrected chi connectivity index (χ2v) is 13.9. The highest BCUT2D eigenvalue weighted by atomic mass is 16.5. The first-order valence-electron chi connectivity index (χ1n) is 17.3. The Morgan fingerprint density at radius 2 is 1.05 bits per heavy atom. The third kappa shape index (κ3) is 11.4. The number of rotatable bonds is 17. The predicted octanol–water partition coefficient (Wildman–Crippen LogP) is 7.57. The summed E-state index contributed by atoms with van der Waals surface area (Å²) in [6.45, 7) is 8.73. The summed E-state index contributed by atoms with van der Waals surface area (Å²) < 4.78 is 10.8. The van der Waals surface area contributed by atoms with Gasteiger partial charge in [-0.25, -0.2) is 9.59 Å². The van der Waals surface area contributed by atoms with E-state index in [0.29, 0.717) is 5.92 Å². The third-order valence-corrected chi connectivity index (χ3v) is 11.0. The lowest BCUT2D eigenvalue weighted by Gasteiger charge is -2.38. The van der Waals surface area contributed by atoms with Gasteiger partial charge in [0.2, 0.25) is 0 Å². The first kappa shape index (κ1) is 34.8. The summed E-state index contributed by atoms with van der Waals surface area (Å²) in [5.41, 5.74) is 0.0321. The summed E-state index contributed by atoms with van der Waals surface area (Å²) in [6, 6.07) is 0. The largest absolute Gasteiger partial charge is 0.462 e. The maximum absolute atomic E-state index is 12.1. The first-order chi connectivity index (χ1) is 20.3. The van der Waals surface area contributed by atoms with Gasteiger partial charge < -0.3 is 19.7 Å². The molecule has 42 heavy (non-hydrogen) atoms. The van der Waals surface area contributed by atoms with Gasteiger partial charge in [0.25, 0.3) is 0 Å². The van der Waals surface area contributed by atoms with Gasteiger partial charge in [-0.2, -0.15) is 0 Å². The van der Waals surface area contributed by atoms with Crippen molar-refractivity contribution in [1.82, 2.24) is 0 Å². The van der Waals surface area contributed by atoms with Crippen molar-refractivity contribution in [1.29, 1.82) is 0 Å². The van der Waals surface area contributed by atoms with Crippen LogP contribution < -0.4 is 0 Å². The summed E-state index contributed by atoms with van der Waals surface area (Å²) in [6.07, 6.45) is 24.4. The van der Waals surface area contributed by atoms with E-state index in [4.69, 9.17) is 19.7 Å². The van der Waals surface area contributed by atoms with Crippen LogP contribution in [-0.4, -0.2) is 48.6 Å². The highest BCUT2D eigenvalue weighted by Crippen LogP contribution is 2.44. The number of unbranched alkanes of at least 4 members (excludes halogenated alkanes) is 2. The Labute approximate surface area is 255 Å². The van der Waals surface area contributed by atoms with Gasteiger partial charge in [0.15, 0.2) is 0 Å². The van der Waals surface area contributed by atoms with E-state index in [1.54, 1.807) is 0 Å². The van der Waals surface area contributed by atoms with Crippen molar-refractivity contribution in [3.05, 3.63) is 24.3 Å². The summed E-state index contributed by atoms with van der Waals surface area (Å²) in [7, 11) is 0. The van der Waals surface area contributed by atoms with Crippen LogP contribution in [0.4, 0.5) is 0 Å². The van der Waals surface area contributed by atoms with Gasteiger partial charge in [0.1, 0.15) is 0 Å².